The van der Waals surface area contributed by atoms with E-state index in [4.69, 9.17) is 11.6 Å². The number of carbonyl (C=O) groups is 2. The van der Waals surface area contributed by atoms with Gasteiger partial charge in [-0.15, -0.1) is 0 Å². The number of nitrogens with zero attached hydrogens (tertiary/aromatic N) is 1. The van der Waals surface area contributed by atoms with Crippen molar-refractivity contribution in [2.24, 2.45) is 0 Å². The largest absolute Gasteiger partial charge is 0.270 e. The summed E-state index contributed by atoms with van der Waals surface area (Å²) in [7, 11) is 0. The summed E-state index contributed by atoms with van der Waals surface area (Å²) in [4.78, 5) is 33.7. The van der Waals surface area contributed by atoms with Gasteiger partial charge in [0.05, 0.1) is 4.92 Å². The number of hydrogen-bond acceptors (Lipinski definition) is 4. The van der Waals surface area contributed by atoms with Gasteiger partial charge >= 0.3 is 0 Å². The van der Waals surface area contributed by atoms with Crippen molar-refractivity contribution in [1.29, 1.82) is 0 Å². The van der Waals surface area contributed by atoms with Gasteiger partial charge in [-0.25, -0.2) is 0 Å². The van der Waals surface area contributed by atoms with E-state index in [1.54, 1.807) is 18.2 Å². The molecule has 8 heteroatoms. The Labute approximate surface area is 148 Å². The van der Waals surface area contributed by atoms with Gasteiger partial charge in [-0.2, -0.15) is 0 Å². The molecule has 128 valence electrons. The number of benzene rings is 2. The highest BCUT2D eigenvalue weighted by Gasteiger charge is 2.11. The minimum absolute atomic E-state index is 0.0591. The second-order valence-electron chi connectivity index (χ2n) is 5.09. The van der Waals surface area contributed by atoms with Gasteiger partial charge in [-0.05, 0) is 36.3 Å². The highest BCUT2D eigenvalue weighted by atomic mass is 35.5. The molecule has 0 heterocycles. The minimum Gasteiger partial charge on any atom is -0.268 e. The van der Waals surface area contributed by atoms with Gasteiger partial charge in [-0.3, -0.25) is 30.6 Å². The number of halogens is 1. The molecule has 0 aliphatic carbocycles. The van der Waals surface area contributed by atoms with Crippen molar-refractivity contribution >= 4 is 35.2 Å². The van der Waals surface area contributed by atoms with E-state index in [-0.39, 0.29) is 11.3 Å². The maximum atomic E-state index is 11.9. The second kappa shape index (κ2) is 8.07. The highest BCUT2D eigenvalue weighted by molar-refractivity contribution is 6.31. The Morgan fingerprint density at radius 3 is 2.60 bits per heavy atom. The van der Waals surface area contributed by atoms with Crippen molar-refractivity contribution in [3.05, 3.63) is 80.4 Å². The summed E-state index contributed by atoms with van der Waals surface area (Å²) < 4.78 is 0. The van der Waals surface area contributed by atoms with Gasteiger partial charge < -0.3 is 0 Å². The van der Waals surface area contributed by atoms with Crippen LogP contribution in [-0.4, -0.2) is 16.7 Å². The third kappa shape index (κ3) is 5.15. The summed E-state index contributed by atoms with van der Waals surface area (Å²) in [6.07, 6.45) is 2.77. The molecular formula is C17H14ClN3O4. The summed E-state index contributed by atoms with van der Waals surface area (Å²) in [5.74, 6) is -1.22. The van der Waals surface area contributed by atoms with Crippen LogP contribution < -0.4 is 10.9 Å². The van der Waals surface area contributed by atoms with Crippen LogP contribution in [0.1, 0.15) is 21.5 Å². The van der Waals surface area contributed by atoms with Crippen molar-refractivity contribution in [2.75, 3.05) is 0 Å². The third-order valence-electron chi connectivity index (χ3n) is 3.24. The minimum atomic E-state index is -0.663. The zero-order chi connectivity index (χ0) is 18.4. The molecule has 0 unspecified atom stereocenters. The first-order chi connectivity index (χ1) is 11.9. The Bertz CT molecular complexity index is 865. The van der Waals surface area contributed by atoms with E-state index in [0.717, 1.165) is 17.2 Å². The summed E-state index contributed by atoms with van der Waals surface area (Å²) >= 11 is 6.00. The normalized spacial score (nSPS) is 10.5. The molecule has 0 saturated carbocycles. The van der Waals surface area contributed by atoms with Crippen LogP contribution in [0.15, 0.2) is 48.5 Å². The van der Waals surface area contributed by atoms with Crippen molar-refractivity contribution in [3.63, 3.8) is 0 Å². The lowest BCUT2D eigenvalue weighted by molar-refractivity contribution is -0.384. The maximum Gasteiger partial charge on any atom is 0.270 e. The molecule has 0 saturated heterocycles. The first-order valence-corrected chi connectivity index (χ1v) is 7.53. The molecular weight excluding hydrogens is 346 g/mol. The Hall–Kier alpha value is -3.19. The molecule has 0 aliphatic rings. The SMILES string of the molecule is Cc1ccc(/C=C/C(=O)NNC(=O)c2cccc([N+](=O)[O-])c2)cc1Cl. The Kier molecular flexibility index (Phi) is 5.86. The lowest BCUT2D eigenvalue weighted by Gasteiger charge is -2.05. The zero-order valence-electron chi connectivity index (χ0n) is 13.2. The number of hydrogen-bond donors (Lipinski definition) is 2. The summed E-state index contributed by atoms with van der Waals surface area (Å²) in [6.45, 7) is 1.87. The Morgan fingerprint density at radius 1 is 1.16 bits per heavy atom. The molecule has 2 N–H and O–H groups in total. The molecule has 2 amide bonds. The lowest BCUT2D eigenvalue weighted by Crippen LogP contribution is -2.40. The number of nitrogens with one attached hydrogen (secondary N) is 2. The first-order valence-electron chi connectivity index (χ1n) is 7.16. The molecule has 2 rings (SSSR count). The van der Waals surface area contributed by atoms with Gasteiger partial charge in [0.15, 0.2) is 0 Å². The van der Waals surface area contributed by atoms with Crippen LogP contribution in [0.25, 0.3) is 6.08 Å². The fraction of sp³-hybridized carbons (Fsp3) is 0.0588. The quantitative estimate of drug-likeness (QED) is 0.497. The molecule has 0 aromatic heterocycles. The molecule has 0 fully saturated rings. The number of nitro benzene ring substituents is 1. The van der Waals surface area contributed by atoms with Crippen molar-refractivity contribution in [2.45, 2.75) is 6.92 Å². The van der Waals surface area contributed by atoms with Gasteiger partial charge in [-0.1, -0.05) is 29.8 Å². The topological polar surface area (TPSA) is 101 Å². The van der Waals surface area contributed by atoms with Gasteiger partial charge in [0.2, 0.25) is 0 Å². The van der Waals surface area contributed by atoms with Crippen molar-refractivity contribution in [3.8, 4) is 0 Å². The van der Waals surface area contributed by atoms with E-state index in [0.29, 0.717) is 5.02 Å². The van der Waals surface area contributed by atoms with E-state index < -0.39 is 16.7 Å². The smallest absolute Gasteiger partial charge is 0.268 e. The number of carbonyl (C=O) groups excluding carboxylic acids is 2. The zero-order valence-corrected chi connectivity index (χ0v) is 13.9. The van der Waals surface area contributed by atoms with E-state index in [2.05, 4.69) is 10.9 Å². The van der Waals surface area contributed by atoms with Gasteiger partial charge in [0.1, 0.15) is 0 Å². The van der Waals surface area contributed by atoms with E-state index in [1.807, 2.05) is 13.0 Å². The summed E-state index contributed by atoms with van der Waals surface area (Å²) in [5.41, 5.74) is 5.88. The number of hydrazine groups is 1. The Morgan fingerprint density at radius 2 is 1.92 bits per heavy atom. The average Bonchev–Trinajstić information content (AvgIpc) is 2.60. The number of non-ortho nitro benzene ring substituents is 1. The van der Waals surface area contributed by atoms with Crippen LogP contribution >= 0.6 is 11.6 Å². The number of nitro groups is 1. The molecule has 0 aliphatic heterocycles. The number of amides is 2. The van der Waals surface area contributed by atoms with Crippen LogP contribution in [0.5, 0.6) is 0 Å². The van der Waals surface area contributed by atoms with Crippen LogP contribution in [0, 0.1) is 17.0 Å². The van der Waals surface area contributed by atoms with E-state index >= 15 is 0 Å². The lowest BCUT2D eigenvalue weighted by atomic mass is 10.1. The molecule has 2 aromatic carbocycles. The van der Waals surface area contributed by atoms with E-state index in [1.165, 1.54) is 24.3 Å². The summed E-state index contributed by atoms with van der Waals surface area (Å²) in [6, 6.07) is 10.5. The van der Waals surface area contributed by atoms with Crippen LogP contribution in [-0.2, 0) is 4.79 Å². The third-order valence-corrected chi connectivity index (χ3v) is 3.65. The maximum absolute atomic E-state index is 11.9. The van der Waals surface area contributed by atoms with E-state index in [9.17, 15) is 19.7 Å². The molecule has 0 bridgehead atoms. The molecule has 2 aromatic rings. The number of rotatable bonds is 4. The fourth-order valence-corrected chi connectivity index (χ4v) is 2.07. The van der Waals surface area contributed by atoms with Crippen LogP contribution in [0.3, 0.4) is 0 Å². The monoisotopic (exact) mass is 359 g/mol. The van der Waals surface area contributed by atoms with Crippen LogP contribution in [0.4, 0.5) is 5.69 Å². The summed E-state index contributed by atoms with van der Waals surface area (Å²) in [5, 5.41) is 11.3. The molecule has 0 radical (unpaired) electrons. The standard InChI is InChI=1S/C17H14ClN3O4/c1-11-5-6-12(9-15(11)18)7-8-16(22)19-20-17(23)13-3-2-4-14(10-13)21(24)25/h2-10H,1H3,(H,19,22)(H,20,23)/b8-7+. The fourth-order valence-electron chi connectivity index (χ4n) is 1.88. The van der Waals surface area contributed by atoms with Crippen molar-refractivity contribution in [1.82, 2.24) is 10.9 Å². The molecule has 0 atom stereocenters. The van der Waals surface area contributed by atoms with Gasteiger partial charge in [0.25, 0.3) is 17.5 Å². The predicted octanol–water partition coefficient (Wildman–Crippen LogP) is 3.03. The van der Waals surface area contributed by atoms with Gasteiger partial charge in [0, 0.05) is 28.8 Å². The van der Waals surface area contributed by atoms with Crippen LogP contribution in [0.2, 0.25) is 5.02 Å². The second-order valence-corrected chi connectivity index (χ2v) is 5.50. The average molecular weight is 360 g/mol. The molecule has 7 nitrogen and oxygen atoms in total. The van der Waals surface area contributed by atoms with Crippen molar-refractivity contribution < 1.29 is 14.5 Å². The molecule has 25 heavy (non-hydrogen) atoms. The first kappa shape index (κ1) is 18.2. The molecule has 0 spiro atoms. The predicted molar refractivity (Wildman–Crippen MR) is 93.9 cm³/mol. The highest BCUT2D eigenvalue weighted by Crippen LogP contribution is 2.17. The Balaban J connectivity index is 1.94. The number of aryl methyl sites for hydroxylation is 1.